The van der Waals surface area contributed by atoms with Gasteiger partial charge >= 0.3 is 11.7 Å². The molecule has 1 atom stereocenters. The molecule has 0 bridgehead atoms. The molecular weight excluding hydrogens is 315 g/mol. The molecule has 3 heterocycles. The Morgan fingerprint density at radius 2 is 2.32 bits per heavy atom. The zero-order chi connectivity index (χ0) is 15.9. The van der Waals surface area contributed by atoms with Crippen LogP contribution in [0.15, 0.2) is 17.1 Å². The van der Waals surface area contributed by atoms with E-state index >= 15 is 0 Å². The van der Waals surface area contributed by atoms with Gasteiger partial charge in [0.15, 0.2) is 0 Å². The average molecular weight is 327 g/mol. The summed E-state index contributed by atoms with van der Waals surface area (Å²) in [7, 11) is 0. The summed E-state index contributed by atoms with van der Waals surface area (Å²) < 4.78 is 16.0. The molecule has 9 heteroatoms. The molecule has 0 fully saturated rings. The lowest BCUT2D eigenvalue weighted by Crippen LogP contribution is -2.34. The number of hydrogen-bond acceptors (Lipinski definition) is 4. The number of hydrogen-bond donors (Lipinski definition) is 1. The van der Waals surface area contributed by atoms with Crippen LogP contribution in [0.1, 0.15) is 30.4 Å². The lowest BCUT2D eigenvalue weighted by atomic mass is 10.1. The summed E-state index contributed by atoms with van der Waals surface area (Å²) in [5.74, 6) is -1.31. The summed E-state index contributed by atoms with van der Waals surface area (Å²) in [6.45, 7) is -0.172. The van der Waals surface area contributed by atoms with Crippen molar-refractivity contribution in [1.82, 2.24) is 19.3 Å². The molecule has 2 aromatic heterocycles. The molecule has 22 heavy (non-hydrogen) atoms. The number of aryl methyl sites for hydroxylation is 1. The Kier molecular flexibility index (Phi) is 3.69. The quantitative estimate of drug-likeness (QED) is 0.916. The van der Waals surface area contributed by atoms with E-state index in [1.807, 2.05) is 0 Å². The van der Waals surface area contributed by atoms with Crippen molar-refractivity contribution in [2.45, 2.75) is 31.8 Å². The fraction of sp³-hybridized carbons (Fsp3) is 0.385. The molecule has 3 rings (SSSR count). The van der Waals surface area contributed by atoms with E-state index in [0.717, 1.165) is 10.7 Å². The normalized spacial score (nSPS) is 17.3. The van der Waals surface area contributed by atoms with Crippen LogP contribution in [-0.4, -0.2) is 30.4 Å². The van der Waals surface area contributed by atoms with E-state index in [1.165, 1.54) is 10.8 Å². The molecular formula is C13H12ClFN4O3. The van der Waals surface area contributed by atoms with Crippen LogP contribution in [-0.2, 0) is 17.8 Å². The number of fused-ring (bicyclic) bond motifs is 1. The van der Waals surface area contributed by atoms with Crippen molar-refractivity contribution in [1.29, 1.82) is 0 Å². The number of carboxylic acids is 1. The number of aromatic nitrogens is 4. The van der Waals surface area contributed by atoms with Gasteiger partial charge in [0.05, 0.1) is 17.3 Å². The second kappa shape index (κ2) is 5.53. The number of rotatable bonds is 3. The molecule has 0 amide bonds. The molecule has 1 aliphatic rings. The SMILES string of the molecule is O=C(O)[C@@H]1CCCc2nn(Cc3ncc(Cl)cc3F)c(=O)n21. The minimum Gasteiger partial charge on any atom is -0.480 e. The van der Waals surface area contributed by atoms with Crippen LogP contribution < -0.4 is 5.69 Å². The van der Waals surface area contributed by atoms with Gasteiger partial charge in [-0.05, 0) is 18.9 Å². The van der Waals surface area contributed by atoms with E-state index in [9.17, 15) is 19.1 Å². The molecule has 7 nitrogen and oxygen atoms in total. The van der Waals surface area contributed by atoms with Crippen molar-refractivity contribution in [3.05, 3.63) is 45.1 Å². The second-order valence-electron chi connectivity index (χ2n) is 5.05. The zero-order valence-corrected chi connectivity index (χ0v) is 12.1. The first-order valence-electron chi connectivity index (χ1n) is 6.68. The van der Waals surface area contributed by atoms with Crippen molar-refractivity contribution >= 4 is 17.6 Å². The first kappa shape index (κ1) is 14.7. The van der Waals surface area contributed by atoms with Gasteiger partial charge in [0, 0.05) is 12.6 Å². The Hall–Kier alpha value is -2.22. The molecule has 116 valence electrons. The summed E-state index contributed by atoms with van der Waals surface area (Å²) in [6, 6.07) is 0.179. The molecule has 0 unspecified atom stereocenters. The predicted molar refractivity (Wildman–Crippen MR) is 74.4 cm³/mol. The molecule has 1 aliphatic heterocycles. The van der Waals surface area contributed by atoms with Crippen LogP contribution in [0.2, 0.25) is 5.02 Å². The number of halogens is 2. The third-order valence-electron chi connectivity index (χ3n) is 3.60. The van der Waals surface area contributed by atoms with E-state index < -0.39 is 23.5 Å². The van der Waals surface area contributed by atoms with Gasteiger partial charge in [0.25, 0.3) is 0 Å². The highest BCUT2D eigenvalue weighted by Gasteiger charge is 2.30. The van der Waals surface area contributed by atoms with Crippen LogP contribution in [0, 0.1) is 5.82 Å². The zero-order valence-electron chi connectivity index (χ0n) is 11.4. The number of nitrogens with zero attached hydrogens (tertiary/aromatic N) is 4. The number of pyridine rings is 1. The van der Waals surface area contributed by atoms with Gasteiger partial charge < -0.3 is 5.11 Å². The minimum atomic E-state index is -1.07. The first-order chi connectivity index (χ1) is 10.5. The fourth-order valence-corrected chi connectivity index (χ4v) is 2.71. The maximum absolute atomic E-state index is 13.8. The molecule has 0 saturated heterocycles. The molecule has 0 saturated carbocycles. The van der Waals surface area contributed by atoms with Gasteiger partial charge in [-0.3, -0.25) is 9.55 Å². The fourth-order valence-electron chi connectivity index (χ4n) is 2.57. The highest BCUT2D eigenvalue weighted by molar-refractivity contribution is 6.30. The van der Waals surface area contributed by atoms with E-state index in [1.54, 1.807) is 0 Å². The van der Waals surface area contributed by atoms with Gasteiger partial charge in [-0.15, -0.1) is 0 Å². The van der Waals surface area contributed by atoms with Crippen molar-refractivity contribution < 1.29 is 14.3 Å². The molecule has 0 radical (unpaired) electrons. The highest BCUT2D eigenvalue weighted by Crippen LogP contribution is 2.22. The first-order valence-corrected chi connectivity index (χ1v) is 7.06. The number of carbonyl (C=O) groups is 1. The van der Waals surface area contributed by atoms with Gasteiger partial charge in [0.2, 0.25) is 0 Å². The van der Waals surface area contributed by atoms with Gasteiger partial charge in [-0.1, -0.05) is 11.6 Å². The highest BCUT2D eigenvalue weighted by atomic mass is 35.5. The Labute approximate surface area is 129 Å². The Morgan fingerprint density at radius 3 is 3.00 bits per heavy atom. The summed E-state index contributed by atoms with van der Waals surface area (Å²) >= 11 is 5.63. The standard InChI is InChI=1S/C13H12ClFN4O3/c14-7-4-8(15)9(16-5-7)6-18-13(22)19-10(12(20)21)2-1-3-11(19)17-18/h4-5,10H,1-3,6H2,(H,20,21)/t10-/m0/s1. The van der Waals surface area contributed by atoms with Crippen LogP contribution in [0.4, 0.5) is 4.39 Å². The summed E-state index contributed by atoms with van der Waals surface area (Å²) in [6.07, 6.45) is 2.81. The molecule has 1 N–H and O–H groups in total. The second-order valence-corrected chi connectivity index (χ2v) is 5.49. The van der Waals surface area contributed by atoms with Crippen LogP contribution in [0.25, 0.3) is 0 Å². The monoisotopic (exact) mass is 326 g/mol. The summed E-state index contributed by atoms with van der Waals surface area (Å²) in [5.41, 5.74) is -0.549. The number of carboxylic acid groups (broad SMARTS) is 1. The van der Waals surface area contributed by atoms with Crippen molar-refractivity contribution in [3.8, 4) is 0 Å². The molecule has 0 aliphatic carbocycles. The van der Waals surface area contributed by atoms with Gasteiger partial charge in [-0.25, -0.2) is 18.7 Å². The van der Waals surface area contributed by atoms with E-state index in [-0.39, 0.29) is 17.3 Å². The number of aliphatic carboxylic acids is 1. The van der Waals surface area contributed by atoms with E-state index in [2.05, 4.69) is 10.1 Å². The Balaban J connectivity index is 2.00. The average Bonchev–Trinajstić information content (AvgIpc) is 2.78. The largest absolute Gasteiger partial charge is 0.480 e. The van der Waals surface area contributed by atoms with Crippen molar-refractivity contribution in [2.75, 3.05) is 0 Å². The minimum absolute atomic E-state index is 0.0221. The maximum atomic E-state index is 13.8. The van der Waals surface area contributed by atoms with E-state index in [4.69, 9.17) is 11.6 Å². The van der Waals surface area contributed by atoms with Crippen molar-refractivity contribution in [2.24, 2.45) is 0 Å². The Bertz CT molecular complexity index is 801. The molecule has 2 aromatic rings. The summed E-state index contributed by atoms with van der Waals surface area (Å²) in [5, 5.41) is 13.5. The van der Waals surface area contributed by atoms with E-state index in [0.29, 0.717) is 25.1 Å². The van der Waals surface area contributed by atoms with Crippen LogP contribution in [0.3, 0.4) is 0 Å². The molecule has 0 spiro atoms. The third-order valence-corrected chi connectivity index (χ3v) is 3.81. The summed E-state index contributed by atoms with van der Waals surface area (Å²) in [4.78, 5) is 27.4. The Morgan fingerprint density at radius 1 is 1.55 bits per heavy atom. The lowest BCUT2D eigenvalue weighted by Gasteiger charge is -2.19. The van der Waals surface area contributed by atoms with Gasteiger partial charge in [0.1, 0.15) is 17.7 Å². The lowest BCUT2D eigenvalue weighted by molar-refractivity contribution is -0.141. The topological polar surface area (TPSA) is 90.0 Å². The van der Waals surface area contributed by atoms with Crippen LogP contribution in [0.5, 0.6) is 0 Å². The maximum Gasteiger partial charge on any atom is 0.347 e. The predicted octanol–water partition coefficient (Wildman–Crippen LogP) is 1.24. The van der Waals surface area contributed by atoms with Gasteiger partial charge in [-0.2, -0.15) is 5.10 Å². The van der Waals surface area contributed by atoms with Crippen LogP contribution >= 0.6 is 11.6 Å². The molecule has 0 aromatic carbocycles. The smallest absolute Gasteiger partial charge is 0.347 e. The third kappa shape index (κ3) is 2.50. The van der Waals surface area contributed by atoms with Crippen molar-refractivity contribution in [3.63, 3.8) is 0 Å².